The molecule has 22 heavy (non-hydrogen) atoms. The molecule has 0 saturated heterocycles. The number of aryl methyl sites for hydroxylation is 1. The lowest BCUT2D eigenvalue weighted by Gasteiger charge is -2.26. The Morgan fingerprint density at radius 3 is 2.68 bits per heavy atom. The zero-order valence-corrected chi connectivity index (χ0v) is 14.4. The molecule has 122 valence electrons. The molecule has 1 amide bonds. The second-order valence-corrected chi connectivity index (χ2v) is 7.95. The summed E-state index contributed by atoms with van der Waals surface area (Å²) in [5.74, 6) is -0.236. The van der Waals surface area contributed by atoms with Gasteiger partial charge in [0.25, 0.3) is 12.3 Å². The lowest BCUT2D eigenvalue weighted by molar-refractivity contribution is -0.114. The molecule has 1 aromatic heterocycles. The molecule has 2 N–H and O–H groups in total. The minimum atomic E-state index is -2.72. The molecule has 0 spiro atoms. The van der Waals surface area contributed by atoms with Gasteiger partial charge in [-0.1, -0.05) is 25.6 Å². The summed E-state index contributed by atoms with van der Waals surface area (Å²) in [6.45, 7) is 6.08. The number of anilines is 1. The summed E-state index contributed by atoms with van der Waals surface area (Å²) < 4.78 is 27.0. The number of hydrogen-bond acceptors (Lipinski definition) is 4. The third kappa shape index (κ3) is 3.46. The van der Waals surface area contributed by atoms with Gasteiger partial charge in [0.05, 0.1) is 16.0 Å². The van der Waals surface area contributed by atoms with Crippen molar-refractivity contribution in [3.63, 3.8) is 0 Å². The number of nitrogens with two attached hydrogens (primary N) is 1. The first kappa shape index (κ1) is 17.3. The van der Waals surface area contributed by atoms with Gasteiger partial charge in [0.15, 0.2) is 0 Å². The standard InChI is InChI=1S/C15H20F2N2OS2/c1-8(2)4-5-11-10(6-7-21-11)19-9(3)22-13(15(18)20)12(19)14(16)17/h6-9,14H,4-5H2,1-3H3,(H2,18,20). The van der Waals surface area contributed by atoms with Crippen molar-refractivity contribution in [1.29, 1.82) is 0 Å². The van der Waals surface area contributed by atoms with Gasteiger partial charge in [0.2, 0.25) is 0 Å². The summed E-state index contributed by atoms with van der Waals surface area (Å²) in [5.41, 5.74) is 5.78. The van der Waals surface area contributed by atoms with E-state index in [0.717, 1.165) is 35.2 Å². The molecule has 0 aliphatic carbocycles. The summed E-state index contributed by atoms with van der Waals surface area (Å²) in [6, 6.07) is 1.85. The van der Waals surface area contributed by atoms with E-state index < -0.39 is 12.3 Å². The van der Waals surface area contributed by atoms with E-state index in [-0.39, 0.29) is 16.0 Å². The Balaban J connectivity index is 2.38. The van der Waals surface area contributed by atoms with Gasteiger partial charge >= 0.3 is 0 Å². The van der Waals surface area contributed by atoms with Crippen LogP contribution < -0.4 is 10.6 Å². The molecular formula is C15H20F2N2OS2. The van der Waals surface area contributed by atoms with Gasteiger partial charge < -0.3 is 10.6 Å². The number of thioether (sulfide) groups is 1. The minimum Gasteiger partial charge on any atom is -0.365 e. The Hall–Kier alpha value is -1.08. The molecule has 0 saturated carbocycles. The Bertz CT molecular complexity index is 584. The van der Waals surface area contributed by atoms with E-state index in [2.05, 4.69) is 13.8 Å². The van der Waals surface area contributed by atoms with Gasteiger partial charge in [0.1, 0.15) is 5.70 Å². The van der Waals surface area contributed by atoms with E-state index >= 15 is 0 Å². The van der Waals surface area contributed by atoms with E-state index in [9.17, 15) is 13.6 Å². The van der Waals surface area contributed by atoms with Gasteiger partial charge in [-0.3, -0.25) is 4.79 Å². The van der Waals surface area contributed by atoms with Crippen LogP contribution in [0.25, 0.3) is 0 Å². The molecule has 1 aromatic rings. The number of nitrogens with zero attached hydrogens (tertiary/aromatic N) is 1. The van der Waals surface area contributed by atoms with Crippen LogP contribution in [0.15, 0.2) is 22.0 Å². The number of allylic oxidation sites excluding steroid dienone is 1. The van der Waals surface area contributed by atoms with Crippen molar-refractivity contribution in [3.05, 3.63) is 26.9 Å². The second-order valence-electron chi connectivity index (χ2n) is 5.63. The van der Waals surface area contributed by atoms with Crippen LogP contribution in [0.3, 0.4) is 0 Å². The van der Waals surface area contributed by atoms with E-state index in [1.165, 1.54) is 0 Å². The molecule has 0 fully saturated rings. The lowest BCUT2D eigenvalue weighted by atomic mass is 10.1. The van der Waals surface area contributed by atoms with E-state index in [4.69, 9.17) is 5.73 Å². The number of carbonyl (C=O) groups excluding carboxylic acids is 1. The summed E-state index contributed by atoms with van der Waals surface area (Å²) in [6.07, 6.45) is -0.877. The number of hydrogen-bond donors (Lipinski definition) is 1. The Morgan fingerprint density at radius 1 is 1.45 bits per heavy atom. The predicted molar refractivity (Wildman–Crippen MR) is 89.2 cm³/mol. The number of primary amides is 1. The van der Waals surface area contributed by atoms with Gasteiger partial charge in [-0.15, -0.1) is 11.3 Å². The number of amides is 1. The molecule has 1 atom stereocenters. The van der Waals surface area contributed by atoms with Crippen molar-refractivity contribution in [3.8, 4) is 0 Å². The molecule has 0 aromatic carbocycles. The number of rotatable bonds is 6. The highest BCUT2D eigenvalue weighted by Crippen LogP contribution is 2.45. The maximum absolute atomic E-state index is 13.5. The van der Waals surface area contributed by atoms with Gasteiger partial charge in [0, 0.05) is 4.88 Å². The van der Waals surface area contributed by atoms with Crippen LogP contribution in [0.2, 0.25) is 0 Å². The fraction of sp³-hybridized carbons (Fsp3) is 0.533. The molecular weight excluding hydrogens is 326 g/mol. The monoisotopic (exact) mass is 346 g/mol. The summed E-state index contributed by atoms with van der Waals surface area (Å²) >= 11 is 2.67. The maximum Gasteiger partial charge on any atom is 0.279 e. The third-order valence-electron chi connectivity index (χ3n) is 3.50. The lowest BCUT2D eigenvalue weighted by Crippen LogP contribution is -2.29. The highest BCUT2D eigenvalue weighted by atomic mass is 32.2. The first-order valence-corrected chi connectivity index (χ1v) is 8.93. The number of carbonyl (C=O) groups is 1. The second kappa shape index (κ2) is 7.00. The van der Waals surface area contributed by atoms with E-state index in [0.29, 0.717) is 5.92 Å². The van der Waals surface area contributed by atoms with Gasteiger partial charge in [-0.05, 0) is 37.1 Å². The SMILES string of the molecule is CC(C)CCc1sccc1N1C(C(F)F)=C(C(N)=O)SC1C. The summed E-state index contributed by atoms with van der Waals surface area (Å²) in [7, 11) is 0. The number of thiophene rings is 1. The Kier molecular flexibility index (Phi) is 5.50. The van der Waals surface area contributed by atoms with E-state index in [1.54, 1.807) is 16.2 Å². The van der Waals surface area contributed by atoms with Crippen molar-refractivity contribution in [2.45, 2.75) is 45.4 Å². The Morgan fingerprint density at radius 2 is 2.14 bits per heavy atom. The van der Waals surface area contributed by atoms with Crippen LogP contribution >= 0.6 is 23.1 Å². The molecule has 2 heterocycles. The molecule has 0 bridgehead atoms. The minimum absolute atomic E-state index is 0.0245. The zero-order chi connectivity index (χ0) is 16.4. The van der Waals surface area contributed by atoms with Crippen LogP contribution in [0.5, 0.6) is 0 Å². The summed E-state index contributed by atoms with van der Waals surface area (Å²) in [4.78, 5) is 14.1. The quantitative estimate of drug-likeness (QED) is 0.840. The summed E-state index contributed by atoms with van der Waals surface area (Å²) in [5, 5.41) is 1.65. The van der Waals surface area contributed by atoms with Crippen molar-refractivity contribution in [2.24, 2.45) is 11.7 Å². The average molecular weight is 346 g/mol. The van der Waals surface area contributed by atoms with Crippen LogP contribution in [0.1, 0.15) is 32.1 Å². The highest BCUT2D eigenvalue weighted by molar-refractivity contribution is 8.05. The first-order chi connectivity index (χ1) is 10.3. The van der Waals surface area contributed by atoms with Crippen LogP contribution in [-0.4, -0.2) is 17.7 Å². The maximum atomic E-state index is 13.5. The van der Waals surface area contributed by atoms with Crippen molar-refractivity contribution in [1.82, 2.24) is 0 Å². The largest absolute Gasteiger partial charge is 0.365 e. The van der Waals surface area contributed by atoms with Crippen LogP contribution in [0.4, 0.5) is 14.5 Å². The number of alkyl halides is 2. The van der Waals surface area contributed by atoms with Crippen LogP contribution in [0, 0.1) is 5.92 Å². The highest BCUT2D eigenvalue weighted by Gasteiger charge is 2.39. The molecule has 0 radical (unpaired) electrons. The fourth-order valence-corrected chi connectivity index (χ4v) is 4.44. The molecule has 7 heteroatoms. The topological polar surface area (TPSA) is 46.3 Å². The Labute approximate surface area is 137 Å². The molecule has 1 aliphatic heterocycles. The van der Waals surface area contributed by atoms with Crippen molar-refractivity contribution < 1.29 is 13.6 Å². The van der Waals surface area contributed by atoms with E-state index in [1.807, 2.05) is 18.4 Å². The zero-order valence-electron chi connectivity index (χ0n) is 12.8. The van der Waals surface area contributed by atoms with Crippen molar-refractivity contribution >= 4 is 34.7 Å². The first-order valence-electron chi connectivity index (χ1n) is 7.17. The van der Waals surface area contributed by atoms with Gasteiger partial charge in [-0.25, -0.2) is 8.78 Å². The van der Waals surface area contributed by atoms with Crippen LogP contribution in [-0.2, 0) is 11.2 Å². The molecule has 1 aliphatic rings. The molecule has 1 unspecified atom stereocenters. The predicted octanol–water partition coefficient (Wildman–Crippen LogP) is 4.20. The fourth-order valence-electron chi connectivity index (χ4n) is 2.46. The third-order valence-corrected chi connectivity index (χ3v) is 5.67. The normalized spacial score (nSPS) is 18.9. The van der Waals surface area contributed by atoms with Crippen molar-refractivity contribution in [2.75, 3.05) is 4.90 Å². The average Bonchev–Trinajstić information content (AvgIpc) is 2.99. The smallest absolute Gasteiger partial charge is 0.279 e. The molecule has 3 nitrogen and oxygen atoms in total. The molecule has 2 rings (SSSR count). The number of halogens is 2. The van der Waals surface area contributed by atoms with Gasteiger partial charge in [-0.2, -0.15) is 0 Å².